The first kappa shape index (κ1) is 22.4. The second kappa shape index (κ2) is 9.87. The predicted molar refractivity (Wildman–Crippen MR) is 138 cm³/mol. The summed E-state index contributed by atoms with van der Waals surface area (Å²) in [6.45, 7) is 5.09. The van der Waals surface area contributed by atoms with E-state index >= 15 is 0 Å². The standard InChI is InChI=1S/C26H28N4O3S/c1-32-21-9-10-22(33-2)24-23(21)28-26(34-24)30-15-13-29(14-16-30)12-11-27-25(31)20-8-7-18-5-3-4-6-19(18)17-20/h3-10,17H,11-16H2,1-2H3,(H,27,31). The zero-order valence-corrected chi connectivity index (χ0v) is 20.2. The fourth-order valence-electron chi connectivity index (χ4n) is 4.33. The van der Waals surface area contributed by atoms with Gasteiger partial charge in [0.05, 0.1) is 14.2 Å². The molecule has 1 saturated heterocycles. The maximum Gasteiger partial charge on any atom is 0.251 e. The molecule has 1 aromatic heterocycles. The average Bonchev–Trinajstić information content (AvgIpc) is 3.34. The minimum absolute atomic E-state index is 0.0261. The van der Waals surface area contributed by atoms with Crippen LogP contribution in [0.4, 0.5) is 5.13 Å². The van der Waals surface area contributed by atoms with Crippen LogP contribution < -0.4 is 19.7 Å². The van der Waals surface area contributed by atoms with Gasteiger partial charge in [-0.25, -0.2) is 4.98 Å². The van der Waals surface area contributed by atoms with Gasteiger partial charge in [-0.2, -0.15) is 0 Å². The first-order chi connectivity index (χ1) is 16.7. The van der Waals surface area contributed by atoms with Gasteiger partial charge in [-0.15, -0.1) is 0 Å². The molecule has 0 bridgehead atoms. The molecule has 5 rings (SSSR count). The van der Waals surface area contributed by atoms with Gasteiger partial charge in [-0.05, 0) is 35.0 Å². The van der Waals surface area contributed by atoms with Crippen LogP contribution in [-0.2, 0) is 0 Å². The molecular weight excluding hydrogens is 448 g/mol. The van der Waals surface area contributed by atoms with Gasteiger partial charge in [0.25, 0.3) is 5.91 Å². The van der Waals surface area contributed by atoms with Gasteiger partial charge >= 0.3 is 0 Å². The van der Waals surface area contributed by atoms with Crippen molar-refractivity contribution >= 4 is 43.4 Å². The topological polar surface area (TPSA) is 66.9 Å². The Bertz CT molecular complexity index is 1270. The third-order valence-corrected chi connectivity index (χ3v) is 7.40. The Hall–Kier alpha value is -3.36. The molecule has 0 unspecified atom stereocenters. The smallest absolute Gasteiger partial charge is 0.251 e. The highest BCUT2D eigenvalue weighted by Crippen LogP contribution is 2.40. The minimum Gasteiger partial charge on any atom is -0.495 e. The lowest BCUT2D eigenvalue weighted by molar-refractivity contribution is 0.0948. The number of amides is 1. The van der Waals surface area contributed by atoms with Crippen LogP contribution in [0.15, 0.2) is 54.6 Å². The number of benzene rings is 3. The normalized spacial score (nSPS) is 14.5. The Morgan fingerprint density at radius 1 is 0.971 bits per heavy atom. The van der Waals surface area contributed by atoms with E-state index in [2.05, 4.69) is 21.2 Å². The molecule has 1 amide bonds. The summed E-state index contributed by atoms with van der Waals surface area (Å²) in [5.41, 5.74) is 1.55. The quantitative estimate of drug-likeness (QED) is 0.435. The third kappa shape index (κ3) is 4.51. The molecule has 0 saturated carbocycles. The molecule has 2 heterocycles. The van der Waals surface area contributed by atoms with E-state index in [-0.39, 0.29) is 5.91 Å². The molecule has 1 aliphatic heterocycles. The lowest BCUT2D eigenvalue weighted by Crippen LogP contribution is -2.48. The number of anilines is 1. The Balaban J connectivity index is 1.15. The maximum atomic E-state index is 12.6. The summed E-state index contributed by atoms with van der Waals surface area (Å²) in [4.78, 5) is 22.1. The highest BCUT2D eigenvalue weighted by Gasteiger charge is 2.22. The molecule has 0 aliphatic carbocycles. The fourth-order valence-corrected chi connectivity index (χ4v) is 5.46. The molecule has 0 spiro atoms. The number of fused-ring (bicyclic) bond motifs is 2. The molecule has 1 fully saturated rings. The number of nitrogens with zero attached hydrogens (tertiary/aromatic N) is 3. The van der Waals surface area contributed by atoms with E-state index in [1.165, 1.54) is 0 Å². The summed E-state index contributed by atoms with van der Waals surface area (Å²) in [7, 11) is 3.34. The molecule has 8 heteroatoms. The van der Waals surface area contributed by atoms with E-state index in [4.69, 9.17) is 14.5 Å². The number of aromatic nitrogens is 1. The number of carbonyl (C=O) groups excluding carboxylic acids is 1. The summed E-state index contributed by atoms with van der Waals surface area (Å²) < 4.78 is 12.0. The van der Waals surface area contributed by atoms with Crippen molar-refractivity contribution in [2.24, 2.45) is 0 Å². The summed E-state index contributed by atoms with van der Waals surface area (Å²) in [5, 5.41) is 6.27. The van der Waals surface area contributed by atoms with Crippen molar-refractivity contribution in [2.45, 2.75) is 0 Å². The first-order valence-electron chi connectivity index (χ1n) is 11.4. The van der Waals surface area contributed by atoms with Crippen LogP contribution in [0.5, 0.6) is 11.5 Å². The summed E-state index contributed by atoms with van der Waals surface area (Å²) in [6, 6.07) is 17.7. The van der Waals surface area contributed by atoms with E-state index in [1.807, 2.05) is 48.5 Å². The van der Waals surface area contributed by atoms with Crippen LogP contribution in [0.1, 0.15) is 10.4 Å². The molecule has 4 aromatic rings. The number of nitrogens with one attached hydrogen (secondary N) is 1. The molecule has 7 nitrogen and oxygen atoms in total. The number of hydrogen-bond donors (Lipinski definition) is 1. The van der Waals surface area contributed by atoms with Crippen LogP contribution >= 0.6 is 11.3 Å². The lowest BCUT2D eigenvalue weighted by Gasteiger charge is -2.34. The van der Waals surface area contributed by atoms with E-state index in [0.29, 0.717) is 12.1 Å². The van der Waals surface area contributed by atoms with Gasteiger partial charge in [-0.1, -0.05) is 41.7 Å². The Morgan fingerprint density at radius 2 is 1.71 bits per heavy atom. The van der Waals surface area contributed by atoms with Crippen molar-refractivity contribution in [3.63, 3.8) is 0 Å². The van der Waals surface area contributed by atoms with E-state index in [1.54, 1.807) is 25.6 Å². The van der Waals surface area contributed by atoms with Crippen LogP contribution in [-0.4, -0.2) is 69.3 Å². The molecule has 3 aromatic carbocycles. The molecule has 1 N–H and O–H groups in total. The highest BCUT2D eigenvalue weighted by atomic mass is 32.1. The van der Waals surface area contributed by atoms with Crippen molar-refractivity contribution in [1.29, 1.82) is 0 Å². The molecule has 176 valence electrons. The van der Waals surface area contributed by atoms with Crippen LogP contribution in [0, 0.1) is 0 Å². The first-order valence-corrected chi connectivity index (χ1v) is 12.2. The van der Waals surface area contributed by atoms with E-state index in [9.17, 15) is 4.79 Å². The summed E-state index contributed by atoms with van der Waals surface area (Å²) >= 11 is 1.64. The highest BCUT2D eigenvalue weighted by molar-refractivity contribution is 7.22. The predicted octanol–water partition coefficient (Wildman–Crippen LogP) is 4.02. The second-order valence-corrected chi connectivity index (χ2v) is 9.27. The molecule has 34 heavy (non-hydrogen) atoms. The van der Waals surface area contributed by atoms with Crippen molar-refractivity contribution in [2.75, 3.05) is 58.4 Å². The minimum atomic E-state index is -0.0261. The summed E-state index contributed by atoms with van der Waals surface area (Å²) in [5.74, 6) is 1.56. The van der Waals surface area contributed by atoms with Gasteiger partial charge in [0.1, 0.15) is 21.7 Å². The Kier molecular flexibility index (Phi) is 6.51. The monoisotopic (exact) mass is 476 g/mol. The van der Waals surface area contributed by atoms with Gasteiger partial charge in [0, 0.05) is 44.8 Å². The number of thiazole rings is 1. The zero-order valence-electron chi connectivity index (χ0n) is 19.4. The van der Waals surface area contributed by atoms with Crippen LogP contribution in [0.25, 0.3) is 21.0 Å². The SMILES string of the molecule is COc1ccc(OC)c2sc(N3CCN(CCNC(=O)c4ccc5ccccc5c4)CC3)nc12. The number of hydrogen-bond acceptors (Lipinski definition) is 7. The molecular formula is C26H28N4O3S. The largest absolute Gasteiger partial charge is 0.495 e. The molecule has 1 aliphatic rings. The average molecular weight is 477 g/mol. The Labute approximate surface area is 202 Å². The lowest BCUT2D eigenvalue weighted by atomic mass is 10.1. The number of ether oxygens (including phenoxy) is 2. The second-order valence-electron chi connectivity index (χ2n) is 8.29. The zero-order chi connectivity index (χ0) is 23.5. The number of rotatable bonds is 7. The van der Waals surface area contributed by atoms with Gasteiger partial charge in [-0.3, -0.25) is 9.69 Å². The number of piperazine rings is 1. The fraction of sp³-hybridized carbons (Fsp3) is 0.308. The Morgan fingerprint density at radius 3 is 2.47 bits per heavy atom. The number of methoxy groups -OCH3 is 2. The summed E-state index contributed by atoms with van der Waals surface area (Å²) in [6.07, 6.45) is 0. The third-order valence-electron chi connectivity index (χ3n) is 6.27. The van der Waals surface area contributed by atoms with Crippen molar-refractivity contribution in [1.82, 2.24) is 15.2 Å². The van der Waals surface area contributed by atoms with E-state index < -0.39 is 0 Å². The van der Waals surface area contributed by atoms with Crippen molar-refractivity contribution < 1.29 is 14.3 Å². The van der Waals surface area contributed by atoms with Gasteiger partial charge in [0.2, 0.25) is 0 Å². The maximum absolute atomic E-state index is 12.6. The van der Waals surface area contributed by atoms with Gasteiger partial charge < -0.3 is 19.7 Å². The molecule has 0 radical (unpaired) electrons. The van der Waals surface area contributed by atoms with Gasteiger partial charge in [0.15, 0.2) is 5.13 Å². The van der Waals surface area contributed by atoms with Crippen molar-refractivity contribution in [3.8, 4) is 11.5 Å². The van der Waals surface area contributed by atoms with Crippen molar-refractivity contribution in [3.05, 3.63) is 60.2 Å². The number of carbonyl (C=O) groups is 1. The van der Waals surface area contributed by atoms with Crippen LogP contribution in [0.2, 0.25) is 0 Å². The molecule has 0 atom stereocenters. The van der Waals surface area contributed by atoms with E-state index in [0.717, 1.165) is 70.3 Å². The van der Waals surface area contributed by atoms with Crippen LogP contribution in [0.3, 0.4) is 0 Å².